The van der Waals surface area contributed by atoms with Gasteiger partial charge in [0.1, 0.15) is 0 Å². The van der Waals surface area contributed by atoms with Crippen LogP contribution in [0, 0.1) is 11.8 Å². The summed E-state index contributed by atoms with van der Waals surface area (Å²) in [6.45, 7) is 5.94. The topological polar surface area (TPSA) is 42.0 Å². The number of amides is 1. The lowest BCUT2D eigenvalue weighted by atomic mass is 9.75. The van der Waals surface area contributed by atoms with Gasteiger partial charge in [0.05, 0.1) is 18.8 Å². The Morgan fingerprint density at radius 1 is 1.15 bits per heavy atom. The molecular weight excluding hydrogens is 340 g/mol. The SMILES string of the molecule is CN1CC[C@@H](COCC2CC2)CC12CN(C(=O)c1ccc3c(c1)COC3)C2. The number of piperidine rings is 1. The van der Waals surface area contributed by atoms with E-state index < -0.39 is 0 Å². The van der Waals surface area contributed by atoms with Gasteiger partial charge in [0.2, 0.25) is 0 Å². The lowest BCUT2D eigenvalue weighted by Crippen LogP contribution is -2.72. The Kier molecular flexibility index (Phi) is 4.49. The van der Waals surface area contributed by atoms with Crippen molar-refractivity contribution in [2.75, 3.05) is 39.9 Å². The van der Waals surface area contributed by atoms with Crippen LogP contribution in [0.5, 0.6) is 0 Å². The lowest BCUT2D eigenvalue weighted by molar-refractivity contribution is -0.0761. The van der Waals surface area contributed by atoms with Crippen molar-refractivity contribution in [1.29, 1.82) is 0 Å². The summed E-state index contributed by atoms with van der Waals surface area (Å²) in [4.78, 5) is 17.4. The van der Waals surface area contributed by atoms with Gasteiger partial charge < -0.3 is 14.4 Å². The molecule has 1 saturated carbocycles. The molecule has 3 heterocycles. The standard InChI is InChI=1S/C22H30N2O3/c1-23-7-6-17(11-26-10-16-2-3-16)9-22(23)14-24(15-22)21(25)18-4-5-19-12-27-13-20(19)8-18/h4-5,8,16-17H,2-3,6-7,9-15H2,1H3/t17-/m1/s1. The van der Waals surface area contributed by atoms with Crippen molar-refractivity contribution in [2.24, 2.45) is 11.8 Å². The quantitative estimate of drug-likeness (QED) is 0.799. The predicted molar refractivity (Wildman–Crippen MR) is 102 cm³/mol. The minimum absolute atomic E-state index is 0.154. The van der Waals surface area contributed by atoms with E-state index in [2.05, 4.69) is 11.9 Å². The van der Waals surface area contributed by atoms with E-state index in [9.17, 15) is 4.79 Å². The molecule has 4 aliphatic rings. The van der Waals surface area contributed by atoms with Crippen LogP contribution in [0.2, 0.25) is 0 Å². The Morgan fingerprint density at radius 2 is 1.93 bits per heavy atom. The highest BCUT2D eigenvalue weighted by molar-refractivity contribution is 5.95. The zero-order valence-corrected chi connectivity index (χ0v) is 16.3. The second kappa shape index (κ2) is 6.87. The first-order valence-corrected chi connectivity index (χ1v) is 10.4. The Morgan fingerprint density at radius 3 is 2.74 bits per heavy atom. The second-order valence-electron chi connectivity index (χ2n) is 9.12. The van der Waals surface area contributed by atoms with E-state index in [4.69, 9.17) is 9.47 Å². The molecule has 0 bridgehead atoms. The number of ether oxygens (including phenoxy) is 2. The van der Waals surface area contributed by atoms with E-state index in [0.29, 0.717) is 19.1 Å². The van der Waals surface area contributed by atoms with Gasteiger partial charge in [-0.1, -0.05) is 6.07 Å². The maximum atomic E-state index is 12.9. The van der Waals surface area contributed by atoms with E-state index in [-0.39, 0.29) is 11.4 Å². The number of carbonyl (C=O) groups is 1. The molecule has 0 N–H and O–H groups in total. The van der Waals surface area contributed by atoms with E-state index in [1.807, 2.05) is 23.1 Å². The summed E-state index contributed by atoms with van der Waals surface area (Å²) >= 11 is 0. The van der Waals surface area contributed by atoms with Crippen LogP contribution in [0.4, 0.5) is 0 Å². The first-order chi connectivity index (χ1) is 13.1. The monoisotopic (exact) mass is 370 g/mol. The molecule has 0 unspecified atom stereocenters. The van der Waals surface area contributed by atoms with Crippen LogP contribution in [0.25, 0.3) is 0 Å². The van der Waals surface area contributed by atoms with Gasteiger partial charge in [-0.15, -0.1) is 0 Å². The molecule has 1 amide bonds. The normalized spacial score (nSPS) is 26.9. The molecule has 0 aromatic heterocycles. The smallest absolute Gasteiger partial charge is 0.253 e. The van der Waals surface area contributed by atoms with E-state index in [1.54, 1.807) is 0 Å². The van der Waals surface area contributed by atoms with Crippen molar-refractivity contribution in [3.05, 3.63) is 34.9 Å². The van der Waals surface area contributed by atoms with E-state index in [1.165, 1.54) is 30.4 Å². The molecule has 5 rings (SSSR count). The van der Waals surface area contributed by atoms with Crippen molar-refractivity contribution in [3.8, 4) is 0 Å². The van der Waals surface area contributed by atoms with Crippen LogP contribution < -0.4 is 0 Å². The van der Waals surface area contributed by atoms with Crippen molar-refractivity contribution in [1.82, 2.24) is 9.80 Å². The third kappa shape index (κ3) is 3.41. The number of likely N-dealkylation sites (N-methyl/N-ethyl adjacent to an activating group) is 1. The number of rotatable bonds is 5. The summed E-state index contributed by atoms with van der Waals surface area (Å²) in [6.07, 6.45) is 5.06. The van der Waals surface area contributed by atoms with Crippen LogP contribution in [-0.2, 0) is 22.7 Å². The number of hydrogen-bond acceptors (Lipinski definition) is 4. The molecule has 1 atom stereocenters. The Hall–Kier alpha value is -1.43. The number of benzene rings is 1. The van der Waals surface area contributed by atoms with Crippen LogP contribution in [0.3, 0.4) is 0 Å². The van der Waals surface area contributed by atoms with Gasteiger partial charge in [-0.05, 0) is 74.4 Å². The summed E-state index contributed by atoms with van der Waals surface area (Å²) in [5.41, 5.74) is 3.34. The zero-order valence-electron chi connectivity index (χ0n) is 16.3. The Balaban J connectivity index is 1.19. The van der Waals surface area contributed by atoms with Crippen molar-refractivity contribution in [2.45, 2.75) is 44.4 Å². The predicted octanol–water partition coefficient (Wildman–Crippen LogP) is 2.68. The van der Waals surface area contributed by atoms with Crippen LogP contribution in [0.15, 0.2) is 18.2 Å². The zero-order chi connectivity index (χ0) is 18.4. The molecule has 5 nitrogen and oxygen atoms in total. The lowest BCUT2D eigenvalue weighted by Gasteiger charge is -2.58. The number of fused-ring (bicyclic) bond motifs is 1. The van der Waals surface area contributed by atoms with Gasteiger partial charge >= 0.3 is 0 Å². The van der Waals surface area contributed by atoms with Gasteiger partial charge in [0, 0.05) is 31.9 Å². The Labute approximate surface area is 161 Å². The molecule has 27 heavy (non-hydrogen) atoms. The third-order valence-electron chi connectivity index (χ3n) is 6.98. The Bertz CT molecular complexity index is 724. The second-order valence-corrected chi connectivity index (χ2v) is 9.12. The summed E-state index contributed by atoms with van der Waals surface area (Å²) < 4.78 is 11.4. The third-order valence-corrected chi connectivity index (χ3v) is 6.98. The molecule has 1 spiro atoms. The summed E-state index contributed by atoms with van der Waals surface area (Å²) in [7, 11) is 2.22. The largest absolute Gasteiger partial charge is 0.381 e. The first-order valence-electron chi connectivity index (χ1n) is 10.4. The minimum atomic E-state index is 0.154. The highest BCUT2D eigenvalue weighted by atomic mass is 16.5. The van der Waals surface area contributed by atoms with E-state index >= 15 is 0 Å². The fourth-order valence-corrected chi connectivity index (χ4v) is 4.90. The molecule has 1 aromatic rings. The highest BCUT2D eigenvalue weighted by Gasteiger charge is 2.51. The minimum Gasteiger partial charge on any atom is -0.381 e. The maximum absolute atomic E-state index is 12.9. The molecule has 3 aliphatic heterocycles. The highest BCUT2D eigenvalue weighted by Crippen LogP contribution is 2.39. The molecular formula is C22H30N2O3. The van der Waals surface area contributed by atoms with Crippen molar-refractivity contribution >= 4 is 5.91 Å². The fraction of sp³-hybridized carbons (Fsp3) is 0.682. The van der Waals surface area contributed by atoms with Gasteiger partial charge in [0.25, 0.3) is 5.91 Å². The average molecular weight is 370 g/mol. The number of hydrogen-bond donors (Lipinski definition) is 0. The molecule has 2 saturated heterocycles. The summed E-state index contributed by atoms with van der Waals surface area (Å²) in [5.74, 6) is 1.63. The summed E-state index contributed by atoms with van der Waals surface area (Å²) in [5, 5.41) is 0. The van der Waals surface area contributed by atoms with Crippen molar-refractivity contribution < 1.29 is 14.3 Å². The molecule has 1 aliphatic carbocycles. The number of carbonyl (C=O) groups excluding carboxylic acids is 1. The van der Waals surface area contributed by atoms with Gasteiger partial charge in [0.15, 0.2) is 0 Å². The first kappa shape index (κ1) is 17.7. The van der Waals surface area contributed by atoms with Gasteiger partial charge in [-0.25, -0.2) is 0 Å². The van der Waals surface area contributed by atoms with Crippen molar-refractivity contribution in [3.63, 3.8) is 0 Å². The fourth-order valence-electron chi connectivity index (χ4n) is 4.90. The van der Waals surface area contributed by atoms with Crippen LogP contribution in [0.1, 0.15) is 47.2 Å². The van der Waals surface area contributed by atoms with Crippen LogP contribution in [-0.4, -0.2) is 61.1 Å². The van der Waals surface area contributed by atoms with Gasteiger partial charge in [-0.3, -0.25) is 9.69 Å². The van der Waals surface area contributed by atoms with E-state index in [0.717, 1.165) is 50.8 Å². The number of nitrogens with zero attached hydrogens (tertiary/aromatic N) is 2. The number of likely N-dealkylation sites (tertiary alicyclic amines) is 2. The van der Waals surface area contributed by atoms with Crippen LogP contribution >= 0.6 is 0 Å². The summed E-state index contributed by atoms with van der Waals surface area (Å²) in [6, 6.07) is 6.03. The average Bonchev–Trinajstić information content (AvgIpc) is 3.34. The molecule has 146 valence electrons. The molecule has 5 heteroatoms. The molecule has 0 radical (unpaired) electrons. The molecule has 3 fully saturated rings. The molecule has 1 aromatic carbocycles. The maximum Gasteiger partial charge on any atom is 0.253 e. The van der Waals surface area contributed by atoms with Gasteiger partial charge in [-0.2, -0.15) is 0 Å².